The first-order valence-electron chi connectivity index (χ1n) is 9.40. The van der Waals surface area contributed by atoms with Crippen LogP contribution in [0.25, 0.3) is 22.3 Å². The van der Waals surface area contributed by atoms with E-state index in [0.717, 1.165) is 57.5 Å². The number of carbonyl (C=O) groups is 1. The molecular weight excluding hydrogens is 390 g/mol. The molecule has 0 aromatic heterocycles. The molecule has 0 aliphatic heterocycles. The number of ether oxygens (including phenoxy) is 1. The van der Waals surface area contributed by atoms with E-state index in [1.165, 1.54) is 43.1 Å². The van der Waals surface area contributed by atoms with E-state index in [2.05, 4.69) is 0 Å². The summed E-state index contributed by atoms with van der Waals surface area (Å²) in [5.41, 5.74) is 5.72. The molecule has 0 saturated carbocycles. The lowest BCUT2D eigenvalue weighted by atomic mass is 9.86. The second-order valence-electron chi connectivity index (χ2n) is 7.01. The van der Waals surface area contributed by atoms with Gasteiger partial charge in [-0.2, -0.15) is 0 Å². The zero-order chi connectivity index (χ0) is 20.5. The summed E-state index contributed by atoms with van der Waals surface area (Å²) in [6.07, 6.45) is 4.30. The fourth-order valence-corrected chi connectivity index (χ4v) is 4.69. The number of hydrogen-bond acceptors (Lipinski definition) is 3. The van der Waals surface area contributed by atoms with E-state index in [1.54, 1.807) is 18.2 Å². The van der Waals surface area contributed by atoms with E-state index >= 15 is 0 Å². The first-order chi connectivity index (χ1) is 14.0. The van der Waals surface area contributed by atoms with Crippen LogP contribution in [0.3, 0.4) is 0 Å². The minimum Gasteiger partial charge on any atom is -0.465 e. The third-order valence-corrected chi connectivity index (χ3v) is 6.14. The van der Waals surface area contributed by atoms with Crippen LogP contribution in [0.5, 0.6) is 0 Å². The molecule has 0 saturated heterocycles. The van der Waals surface area contributed by atoms with Crippen molar-refractivity contribution in [1.82, 2.24) is 0 Å². The molecule has 0 bridgehead atoms. The Morgan fingerprint density at radius 1 is 0.966 bits per heavy atom. The number of thioether (sulfide) groups is 1. The quantitative estimate of drug-likeness (QED) is 0.375. The monoisotopic (exact) mass is 410 g/mol. The van der Waals surface area contributed by atoms with Gasteiger partial charge in [0.1, 0.15) is 11.6 Å². The molecule has 0 heterocycles. The topological polar surface area (TPSA) is 26.3 Å². The van der Waals surface area contributed by atoms with Gasteiger partial charge >= 0.3 is 5.97 Å². The molecule has 0 radical (unpaired) electrons. The van der Waals surface area contributed by atoms with Gasteiger partial charge in [-0.3, -0.25) is 0 Å². The Morgan fingerprint density at radius 3 is 2.38 bits per heavy atom. The minimum absolute atomic E-state index is 0.302. The predicted molar refractivity (Wildman–Crippen MR) is 112 cm³/mol. The number of benzene rings is 3. The molecule has 4 rings (SSSR count). The number of aryl methyl sites for hydroxylation is 1. The van der Waals surface area contributed by atoms with Crippen LogP contribution in [-0.4, -0.2) is 19.3 Å². The average Bonchev–Trinajstić information content (AvgIpc) is 2.92. The molecule has 0 fully saturated rings. The number of fused-ring (bicyclic) bond motifs is 3. The SMILES string of the molecule is COC(=O)c1c(SC)cc(-c2ccc(F)cc2)c2c1-c1cc(F)ccc1CCC2. The van der Waals surface area contributed by atoms with Crippen molar-refractivity contribution >= 4 is 17.7 Å². The van der Waals surface area contributed by atoms with Gasteiger partial charge < -0.3 is 4.74 Å². The summed E-state index contributed by atoms with van der Waals surface area (Å²) in [7, 11) is 1.36. The van der Waals surface area contributed by atoms with E-state index in [1.807, 2.05) is 12.3 Å². The van der Waals surface area contributed by atoms with E-state index in [9.17, 15) is 13.6 Å². The fraction of sp³-hybridized carbons (Fsp3) is 0.208. The van der Waals surface area contributed by atoms with Crippen molar-refractivity contribution in [2.24, 2.45) is 0 Å². The van der Waals surface area contributed by atoms with Crippen molar-refractivity contribution in [3.8, 4) is 22.3 Å². The van der Waals surface area contributed by atoms with Crippen LogP contribution < -0.4 is 0 Å². The standard InChI is InChI=1S/C24H20F2O2S/c1-28-24(27)23-21(29-2)13-19(15-6-9-16(25)10-7-15)18-5-3-4-14-8-11-17(26)12-20(14)22(18)23/h6-13H,3-5H2,1-2H3. The Labute approximate surface area is 172 Å². The molecule has 0 unspecified atom stereocenters. The Morgan fingerprint density at radius 2 is 1.69 bits per heavy atom. The van der Waals surface area contributed by atoms with Crippen molar-refractivity contribution in [1.29, 1.82) is 0 Å². The van der Waals surface area contributed by atoms with E-state index in [0.29, 0.717) is 5.56 Å². The van der Waals surface area contributed by atoms with Gasteiger partial charge in [0.15, 0.2) is 0 Å². The van der Waals surface area contributed by atoms with Crippen LogP contribution in [0.15, 0.2) is 53.4 Å². The number of esters is 1. The summed E-state index contributed by atoms with van der Waals surface area (Å²) in [5, 5.41) is 0. The Balaban J connectivity index is 2.12. The lowest BCUT2D eigenvalue weighted by Crippen LogP contribution is -2.09. The minimum atomic E-state index is -0.437. The van der Waals surface area contributed by atoms with Gasteiger partial charge in [0.05, 0.1) is 12.7 Å². The number of halogens is 2. The highest BCUT2D eigenvalue weighted by Crippen LogP contribution is 2.44. The molecular formula is C24H20F2O2S. The van der Waals surface area contributed by atoms with Gasteiger partial charge in [-0.1, -0.05) is 18.2 Å². The maximum Gasteiger partial charge on any atom is 0.339 e. The van der Waals surface area contributed by atoms with Crippen molar-refractivity contribution < 1.29 is 18.3 Å². The summed E-state index contributed by atoms with van der Waals surface area (Å²) in [6.45, 7) is 0. The third-order valence-electron chi connectivity index (χ3n) is 5.38. The summed E-state index contributed by atoms with van der Waals surface area (Å²) < 4.78 is 32.8. The summed E-state index contributed by atoms with van der Waals surface area (Å²) in [5.74, 6) is -1.08. The fourth-order valence-electron chi connectivity index (χ4n) is 4.06. The van der Waals surface area contributed by atoms with Crippen molar-refractivity contribution in [3.05, 3.63) is 76.9 Å². The van der Waals surface area contributed by atoms with E-state index < -0.39 is 5.97 Å². The summed E-state index contributed by atoms with van der Waals surface area (Å²) >= 11 is 1.44. The highest BCUT2D eigenvalue weighted by molar-refractivity contribution is 7.98. The highest BCUT2D eigenvalue weighted by atomic mass is 32.2. The smallest absolute Gasteiger partial charge is 0.339 e. The van der Waals surface area contributed by atoms with Gasteiger partial charge in [-0.05, 0) is 83.7 Å². The molecule has 0 N–H and O–H groups in total. The van der Waals surface area contributed by atoms with Crippen LogP contribution in [-0.2, 0) is 17.6 Å². The molecule has 0 amide bonds. The van der Waals surface area contributed by atoms with Crippen LogP contribution >= 0.6 is 11.8 Å². The second-order valence-corrected chi connectivity index (χ2v) is 7.86. The van der Waals surface area contributed by atoms with E-state index in [-0.39, 0.29) is 11.6 Å². The third kappa shape index (κ3) is 3.55. The van der Waals surface area contributed by atoms with Gasteiger partial charge in [-0.25, -0.2) is 13.6 Å². The lowest BCUT2D eigenvalue weighted by molar-refractivity contribution is 0.0597. The molecule has 5 heteroatoms. The van der Waals surface area contributed by atoms with E-state index in [4.69, 9.17) is 4.74 Å². The molecule has 1 aliphatic rings. The zero-order valence-corrected chi connectivity index (χ0v) is 17.0. The summed E-state index contributed by atoms with van der Waals surface area (Å²) in [4.78, 5) is 13.5. The van der Waals surface area contributed by atoms with Crippen LogP contribution in [0.2, 0.25) is 0 Å². The Bertz CT molecular complexity index is 1090. The van der Waals surface area contributed by atoms with Crippen molar-refractivity contribution in [2.45, 2.75) is 24.2 Å². The molecule has 3 aromatic rings. The number of rotatable bonds is 3. The Kier molecular flexibility index (Phi) is 5.41. The second kappa shape index (κ2) is 7.99. The molecule has 29 heavy (non-hydrogen) atoms. The predicted octanol–water partition coefficient (Wildman–Crippen LogP) is 6.30. The molecule has 148 valence electrons. The zero-order valence-electron chi connectivity index (χ0n) is 16.2. The van der Waals surface area contributed by atoms with Gasteiger partial charge in [-0.15, -0.1) is 11.8 Å². The molecule has 0 spiro atoms. The van der Waals surface area contributed by atoms with Crippen LogP contribution in [0.1, 0.15) is 27.9 Å². The highest BCUT2D eigenvalue weighted by Gasteiger charge is 2.28. The van der Waals surface area contributed by atoms with Crippen molar-refractivity contribution in [3.63, 3.8) is 0 Å². The average molecular weight is 410 g/mol. The summed E-state index contributed by atoms with van der Waals surface area (Å²) in [6, 6.07) is 13.1. The maximum absolute atomic E-state index is 14.2. The first kappa shape index (κ1) is 19.6. The maximum atomic E-state index is 14.2. The normalized spacial score (nSPS) is 12.7. The van der Waals surface area contributed by atoms with Crippen LogP contribution in [0.4, 0.5) is 8.78 Å². The lowest BCUT2D eigenvalue weighted by Gasteiger charge is -2.21. The first-order valence-corrected chi connectivity index (χ1v) is 10.6. The van der Waals surface area contributed by atoms with Gasteiger partial charge in [0.2, 0.25) is 0 Å². The van der Waals surface area contributed by atoms with Crippen molar-refractivity contribution in [2.75, 3.05) is 13.4 Å². The van der Waals surface area contributed by atoms with Gasteiger partial charge in [0.25, 0.3) is 0 Å². The van der Waals surface area contributed by atoms with Gasteiger partial charge in [0, 0.05) is 10.5 Å². The molecule has 1 aliphatic carbocycles. The molecule has 2 nitrogen and oxygen atoms in total. The largest absolute Gasteiger partial charge is 0.465 e. The molecule has 3 aromatic carbocycles. The number of hydrogen-bond donors (Lipinski definition) is 0. The molecule has 0 atom stereocenters. The number of carbonyl (C=O) groups excluding carboxylic acids is 1. The Hall–Kier alpha value is -2.66. The number of methoxy groups -OCH3 is 1. The van der Waals surface area contributed by atoms with Crippen LogP contribution in [0, 0.1) is 11.6 Å².